The Morgan fingerprint density at radius 2 is 2.35 bits per heavy atom. The van der Waals surface area contributed by atoms with Gasteiger partial charge in [0, 0.05) is 12.1 Å². The topological polar surface area (TPSA) is 69.8 Å². The predicted octanol–water partition coefficient (Wildman–Crippen LogP) is 1.57. The molecule has 1 saturated heterocycles. The van der Waals surface area contributed by atoms with E-state index < -0.39 is 5.82 Å². The van der Waals surface area contributed by atoms with Crippen LogP contribution in [0.4, 0.5) is 4.39 Å². The average Bonchev–Trinajstić information content (AvgIpc) is 2.88. The van der Waals surface area contributed by atoms with Gasteiger partial charge in [-0.1, -0.05) is 0 Å². The summed E-state index contributed by atoms with van der Waals surface area (Å²) in [6.45, 7) is 3.01. The number of amides is 1. The van der Waals surface area contributed by atoms with Crippen molar-refractivity contribution in [2.24, 2.45) is 0 Å². The fraction of sp³-hybridized carbons (Fsp3) is 0.429. The van der Waals surface area contributed by atoms with E-state index in [2.05, 4.69) is 20.6 Å². The minimum absolute atomic E-state index is 0.0634. The van der Waals surface area contributed by atoms with Gasteiger partial charge in [0.1, 0.15) is 11.3 Å². The number of carbonyl (C=O) groups excluding carboxylic acids is 1. The maximum Gasteiger partial charge on any atom is 0.253 e. The minimum atomic E-state index is -0.443. The SMILES string of the molecule is CC1NCCCC1NC(=O)c1cc(F)cc2[nH]cnc12. The number of nitrogens with zero attached hydrogens (tertiary/aromatic N) is 1. The van der Waals surface area contributed by atoms with Crippen LogP contribution in [-0.2, 0) is 0 Å². The molecule has 1 aromatic heterocycles. The molecule has 106 valence electrons. The number of H-pyrrole nitrogens is 1. The predicted molar refractivity (Wildman–Crippen MR) is 74.0 cm³/mol. The van der Waals surface area contributed by atoms with Crippen molar-refractivity contribution >= 4 is 16.9 Å². The summed E-state index contributed by atoms with van der Waals surface area (Å²) in [5, 5.41) is 6.29. The summed E-state index contributed by atoms with van der Waals surface area (Å²) < 4.78 is 13.6. The van der Waals surface area contributed by atoms with Gasteiger partial charge >= 0.3 is 0 Å². The Hall–Kier alpha value is -1.95. The fourth-order valence-corrected chi connectivity index (χ4v) is 2.68. The highest BCUT2D eigenvalue weighted by molar-refractivity contribution is 6.04. The molecular formula is C14H17FN4O. The molecule has 0 spiro atoms. The molecule has 0 saturated carbocycles. The molecule has 3 rings (SSSR count). The third kappa shape index (κ3) is 2.38. The van der Waals surface area contributed by atoms with Crippen molar-refractivity contribution in [3.05, 3.63) is 29.8 Å². The quantitative estimate of drug-likeness (QED) is 0.780. The van der Waals surface area contributed by atoms with E-state index in [4.69, 9.17) is 0 Å². The Balaban J connectivity index is 1.86. The number of fused-ring (bicyclic) bond motifs is 1. The molecule has 2 aromatic rings. The Morgan fingerprint density at radius 3 is 3.15 bits per heavy atom. The smallest absolute Gasteiger partial charge is 0.253 e. The zero-order valence-electron chi connectivity index (χ0n) is 11.2. The summed E-state index contributed by atoms with van der Waals surface area (Å²) in [4.78, 5) is 19.3. The molecular weight excluding hydrogens is 259 g/mol. The highest BCUT2D eigenvalue weighted by atomic mass is 19.1. The third-order valence-corrected chi connectivity index (χ3v) is 3.81. The van der Waals surface area contributed by atoms with Gasteiger partial charge in [0.05, 0.1) is 17.4 Å². The highest BCUT2D eigenvalue weighted by Gasteiger charge is 2.24. The van der Waals surface area contributed by atoms with Crippen LogP contribution >= 0.6 is 0 Å². The number of nitrogens with one attached hydrogen (secondary N) is 3. The second-order valence-corrected chi connectivity index (χ2v) is 5.22. The summed E-state index contributed by atoms with van der Waals surface area (Å²) in [6.07, 6.45) is 3.42. The molecule has 1 amide bonds. The van der Waals surface area contributed by atoms with Gasteiger partial charge in [0.2, 0.25) is 0 Å². The third-order valence-electron chi connectivity index (χ3n) is 3.81. The molecule has 6 heteroatoms. The lowest BCUT2D eigenvalue weighted by Gasteiger charge is -2.30. The number of halogens is 1. The number of hydrogen-bond acceptors (Lipinski definition) is 3. The maximum atomic E-state index is 13.6. The van der Waals surface area contributed by atoms with Crippen LogP contribution in [0.2, 0.25) is 0 Å². The second-order valence-electron chi connectivity index (χ2n) is 5.22. The van der Waals surface area contributed by atoms with E-state index in [0.717, 1.165) is 19.4 Å². The lowest BCUT2D eigenvalue weighted by Crippen LogP contribution is -2.51. The molecule has 0 aliphatic carbocycles. The summed E-state index contributed by atoms with van der Waals surface area (Å²) >= 11 is 0. The molecule has 2 heterocycles. The van der Waals surface area contributed by atoms with Crippen molar-refractivity contribution in [3.8, 4) is 0 Å². The van der Waals surface area contributed by atoms with Gasteiger partial charge in [-0.05, 0) is 38.4 Å². The first-order valence-electron chi connectivity index (χ1n) is 6.82. The van der Waals surface area contributed by atoms with Crippen molar-refractivity contribution in [1.29, 1.82) is 0 Å². The number of carbonyl (C=O) groups is 1. The number of aromatic nitrogens is 2. The van der Waals surface area contributed by atoms with E-state index in [0.29, 0.717) is 11.0 Å². The van der Waals surface area contributed by atoms with E-state index in [9.17, 15) is 9.18 Å². The van der Waals surface area contributed by atoms with Crippen LogP contribution < -0.4 is 10.6 Å². The zero-order chi connectivity index (χ0) is 14.1. The van der Waals surface area contributed by atoms with Crippen LogP contribution in [-0.4, -0.2) is 34.5 Å². The van der Waals surface area contributed by atoms with Crippen LogP contribution in [0.1, 0.15) is 30.1 Å². The molecule has 1 aliphatic rings. The number of benzene rings is 1. The lowest BCUT2D eigenvalue weighted by atomic mass is 9.99. The summed E-state index contributed by atoms with van der Waals surface area (Å²) in [5.41, 5.74) is 1.31. The molecule has 5 nitrogen and oxygen atoms in total. The Labute approximate surface area is 116 Å². The molecule has 0 radical (unpaired) electrons. The minimum Gasteiger partial charge on any atom is -0.348 e. The van der Waals surface area contributed by atoms with Crippen LogP contribution in [0.3, 0.4) is 0 Å². The van der Waals surface area contributed by atoms with E-state index in [-0.39, 0.29) is 23.6 Å². The highest BCUT2D eigenvalue weighted by Crippen LogP contribution is 2.18. The summed E-state index contributed by atoms with van der Waals surface area (Å²) in [6, 6.07) is 2.85. The Bertz CT molecular complexity index is 639. The molecule has 2 unspecified atom stereocenters. The zero-order valence-corrected chi connectivity index (χ0v) is 11.2. The normalized spacial score (nSPS) is 22.9. The van der Waals surface area contributed by atoms with Crippen LogP contribution in [0, 0.1) is 5.82 Å². The number of aromatic amines is 1. The molecule has 3 N–H and O–H groups in total. The Kier molecular flexibility index (Phi) is 3.40. The second kappa shape index (κ2) is 5.20. The molecule has 2 atom stereocenters. The Morgan fingerprint density at radius 1 is 1.50 bits per heavy atom. The van der Waals surface area contributed by atoms with Gasteiger partial charge in [-0.25, -0.2) is 9.37 Å². The van der Waals surface area contributed by atoms with Crippen LogP contribution in [0.15, 0.2) is 18.5 Å². The van der Waals surface area contributed by atoms with E-state index in [1.807, 2.05) is 6.92 Å². The summed E-state index contributed by atoms with van der Waals surface area (Å²) in [7, 11) is 0. The molecule has 1 fully saturated rings. The average molecular weight is 276 g/mol. The standard InChI is InChI=1S/C14H17FN4O/c1-8-11(3-2-4-16-8)19-14(20)10-5-9(15)6-12-13(10)18-7-17-12/h5-8,11,16H,2-4H2,1H3,(H,17,18)(H,19,20). The van der Waals surface area contributed by atoms with Gasteiger partial charge in [0.15, 0.2) is 0 Å². The summed E-state index contributed by atoms with van der Waals surface area (Å²) in [5.74, 6) is -0.719. The van der Waals surface area contributed by atoms with Gasteiger partial charge in [0.25, 0.3) is 5.91 Å². The first kappa shape index (κ1) is 13.1. The van der Waals surface area contributed by atoms with E-state index >= 15 is 0 Å². The molecule has 1 aromatic carbocycles. The molecule has 20 heavy (non-hydrogen) atoms. The largest absolute Gasteiger partial charge is 0.348 e. The number of hydrogen-bond donors (Lipinski definition) is 3. The monoisotopic (exact) mass is 276 g/mol. The van der Waals surface area contributed by atoms with Crippen molar-refractivity contribution in [2.75, 3.05) is 6.54 Å². The van der Waals surface area contributed by atoms with E-state index in [1.54, 1.807) is 0 Å². The lowest BCUT2D eigenvalue weighted by molar-refractivity contribution is 0.0921. The number of rotatable bonds is 2. The van der Waals surface area contributed by atoms with Crippen molar-refractivity contribution in [2.45, 2.75) is 31.8 Å². The number of piperidine rings is 1. The van der Waals surface area contributed by atoms with Crippen molar-refractivity contribution < 1.29 is 9.18 Å². The fourth-order valence-electron chi connectivity index (χ4n) is 2.68. The molecule has 1 aliphatic heterocycles. The molecule has 0 bridgehead atoms. The van der Waals surface area contributed by atoms with Gasteiger partial charge in [-0.2, -0.15) is 0 Å². The van der Waals surface area contributed by atoms with Gasteiger partial charge in [-0.15, -0.1) is 0 Å². The van der Waals surface area contributed by atoms with Crippen molar-refractivity contribution in [1.82, 2.24) is 20.6 Å². The van der Waals surface area contributed by atoms with Crippen LogP contribution in [0.5, 0.6) is 0 Å². The van der Waals surface area contributed by atoms with Crippen LogP contribution in [0.25, 0.3) is 11.0 Å². The first-order chi connectivity index (χ1) is 9.65. The van der Waals surface area contributed by atoms with Crippen molar-refractivity contribution in [3.63, 3.8) is 0 Å². The maximum absolute atomic E-state index is 13.6. The number of imidazole rings is 1. The van der Waals surface area contributed by atoms with E-state index in [1.165, 1.54) is 18.5 Å². The van der Waals surface area contributed by atoms with Gasteiger partial charge in [-0.3, -0.25) is 4.79 Å². The van der Waals surface area contributed by atoms with Gasteiger partial charge < -0.3 is 15.6 Å². The first-order valence-corrected chi connectivity index (χ1v) is 6.82.